The smallest absolute Gasteiger partial charge is 0.0746 e. The Labute approximate surface area is 694 Å². The van der Waals surface area contributed by atoms with Crippen LogP contribution in [0.15, 0.2) is 406 Å². The van der Waals surface area contributed by atoms with E-state index in [1.807, 2.05) is 0 Å². The molecule has 3 nitrogen and oxygen atoms in total. The molecule has 1 aromatic heterocycles. The van der Waals surface area contributed by atoms with E-state index in [1.165, 1.54) is 183 Å². The molecule has 119 heavy (non-hydrogen) atoms. The number of hydrogen-bond acceptors (Lipinski definition) is 2. The number of rotatable bonds is 10. The van der Waals surface area contributed by atoms with E-state index in [0.29, 0.717) is 0 Å². The Kier molecular flexibility index (Phi) is 14.2. The minimum absolute atomic E-state index is 0.235. The SMILES string of the molecule is CC1(C)c2ccccc2-c2ccc(N(c3ccc(-c4ccc5c(c4)c4ccccc4n5-c4ccccc4)cc3)c3cccc4c3C3(c5ccccc5-c5ccc(-c6cccc7c6C(C)(C)c6cc(N(c8ccccc8)c8ccc9c(c8)C8(c%10ccccc%10-c%10ccc(-c%11ccccc%11)cc%108)c8ccccc8-9)ccc6-7)cc53)c3ccccc3-4)cc21. The van der Waals surface area contributed by atoms with Gasteiger partial charge in [0.2, 0.25) is 0 Å². The Morgan fingerprint density at radius 3 is 1.20 bits per heavy atom. The van der Waals surface area contributed by atoms with Gasteiger partial charge in [-0.15, -0.1) is 0 Å². The van der Waals surface area contributed by atoms with Crippen LogP contribution in [0.2, 0.25) is 0 Å². The molecule has 1 heterocycles. The second kappa shape index (κ2) is 24.9. The van der Waals surface area contributed by atoms with E-state index < -0.39 is 16.2 Å². The quantitative estimate of drug-likeness (QED) is 0.135. The highest BCUT2D eigenvalue weighted by Gasteiger charge is 2.55. The Morgan fingerprint density at radius 2 is 0.563 bits per heavy atom. The fourth-order valence-corrected chi connectivity index (χ4v) is 22.9. The van der Waals surface area contributed by atoms with Gasteiger partial charge in [-0.1, -0.05) is 325 Å². The third-order valence-corrected chi connectivity index (χ3v) is 28.0. The Morgan fingerprint density at radius 1 is 0.193 bits per heavy atom. The molecule has 3 heteroatoms. The first kappa shape index (κ1) is 67.7. The lowest BCUT2D eigenvalue weighted by molar-refractivity contribution is 0.660. The number of hydrogen-bond donors (Lipinski definition) is 0. The molecule has 2 unspecified atom stereocenters. The van der Waals surface area contributed by atoms with Crippen LogP contribution in [0.4, 0.5) is 34.1 Å². The summed E-state index contributed by atoms with van der Waals surface area (Å²) in [5, 5.41) is 2.47. The number of benzene rings is 18. The van der Waals surface area contributed by atoms with Crippen molar-refractivity contribution in [1.29, 1.82) is 0 Å². The van der Waals surface area contributed by atoms with Gasteiger partial charge in [0.25, 0.3) is 0 Å². The van der Waals surface area contributed by atoms with E-state index >= 15 is 0 Å². The first-order chi connectivity index (χ1) is 58.5. The molecular formula is C116H79N3. The van der Waals surface area contributed by atoms with Crippen LogP contribution in [0.3, 0.4) is 0 Å². The maximum atomic E-state index is 2.61. The summed E-state index contributed by atoms with van der Waals surface area (Å²) < 4.78 is 2.40. The molecule has 0 saturated carbocycles. The molecule has 0 bridgehead atoms. The van der Waals surface area contributed by atoms with Crippen molar-refractivity contribution < 1.29 is 0 Å². The molecule has 18 aromatic carbocycles. The molecular weight excluding hydrogens is 1440 g/mol. The van der Waals surface area contributed by atoms with E-state index in [1.54, 1.807) is 0 Å². The summed E-state index contributed by atoms with van der Waals surface area (Å²) in [6.07, 6.45) is 0. The predicted octanol–water partition coefficient (Wildman–Crippen LogP) is 30.0. The average molecular weight is 1510 g/mol. The maximum absolute atomic E-state index is 2.61. The molecule has 19 aromatic rings. The van der Waals surface area contributed by atoms with Crippen molar-refractivity contribution in [3.05, 3.63) is 473 Å². The highest BCUT2D eigenvalue weighted by atomic mass is 15.2. The van der Waals surface area contributed by atoms with Crippen LogP contribution in [0.1, 0.15) is 94.5 Å². The zero-order valence-corrected chi connectivity index (χ0v) is 66.5. The van der Waals surface area contributed by atoms with Crippen molar-refractivity contribution in [2.75, 3.05) is 9.80 Å². The van der Waals surface area contributed by atoms with Crippen LogP contribution in [0.25, 0.3) is 128 Å². The Bertz CT molecular complexity index is 7520. The van der Waals surface area contributed by atoms with Gasteiger partial charge in [0.1, 0.15) is 0 Å². The third-order valence-electron chi connectivity index (χ3n) is 28.0. The highest BCUT2D eigenvalue weighted by molar-refractivity contribution is 6.11. The van der Waals surface area contributed by atoms with Crippen molar-refractivity contribution in [1.82, 2.24) is 4.57 Å². The molecule has 0 saturated heterocycles. The number of nitrogens with zero attached hydrogens (tertiary/aromatic N) is 3. The molecule has 6 aliphatic rings. The van der Waals surface area contributed by atoms with Crippen molar-refractivity contribution in [2.24, 2.45) is 0 Å². The Hall–Kier alpha value is -14.6. The third kappa shape index (κ3) is 9.22. The fourth-order valence-electron chi connectivity index (χ4n) is 22.9. The van der Waals surface area contributed by atoms with Crippen molar-refractivity contribution in [2.45, 2.75) is 49.4 Å². The summed E-state index contributed by atoms with van der Waals surface area (Å²) in [5.74, 6) is 0. The van der Waals surface area contributed by atoms with Gasteiger partial charge >= 0.3 is 0 Å². The molecule has 0 amide bonds. The summed E-state index contributed by atoms with van der Waals surface area (Å²) in [5.41, 5.74) is 46.7. The largest absolute Gasteiger partial charge is 0.310 e. The van der Waals surface area contributed by atoms with Gasteiger partial charge in [0.05, 0.1) is 27.6 Å². The van der Waals surface area contributed by atoms with Crippen LogP contribution >= 0.6 is 0 Å². The molecule has 2 spiro atoms. The summed E-state index contributed by atoms with van der Waals surface area (Å²) in [4.78, 5) is 5.11. The molecule has 0 fully saturated rings. The first-order valence-corrected chi connectivity index (χ1v) is 41.9. The van der Waals surface area contributed by atoms with Gasteiger partial charge in [0.15, 0.2) is 0 Å². The van der Waals surface area contributed by atoms with Gasteiger partial charge in [0, 0.05) is 61.3 Å². The molecule has 0 aliphatic heterocycles. The van der Waals surface area contributed by atoms with Gasteiger partial charge < -0.3 is 14.4 Å². The van der Waals surface area contributed by atoms with Gasteiger partial charge in [-0.05, 0) is 271 Å². The number of fused-ring (bicyclic) bond motifs is 29. The summed E-state index contributed by atoms with van der Waals surface area (Å²) in [6.45, 7) is 9.75. The fraction of sp³-hybridized carbons (Fsp3) is 0.0690. The molecule has 2 atom stereocenters. The second-order valence-electron chi connectivity index (χ2n) is 34.5. The van der Waals surface area contributed by atoms with Gasteiger partial charge in [-0.25, -0.2) is 0 Å². The van der Waals surface area contributed by atoms with E-state index in [-0.39, 0.29) is 5.41 Å². The normalized spacial score (nSPS) is 16.1. The standard InChI is InChI=1S/C116H79N3/c1-113(2)98-43-20-14-34-84(98)89-62-59-82(70-103(89)113)118(79-55-50-73(51-56-79)74-54-65-109-97(66-74)94-39-19-25-48-108(94)119(109)78-32-12-7-13-33-78)110-49-27-42-96-88-38-18-24-47-102(88)116(112(96)110)101-46-23-17-37-87(101)91-61-53-76(68-106(91)116)83-40-26-41-95-93-64-58-80(69-104(93)114(3,4)111(83)95)117(77-30-10-6-11-31-77)81-57-63-92-86-36-16-22-45-100(86)115(107(92)71-81)99-44-21-15-35-85(99)90-60-52-75(67-105(90)115)72-28-8-5-9-29-72/h5-71H,1-4H3. The van der Waals surface area contributed by atoms with E-state index in [0.717, 1.165) is 45.4 Å². The maximum Gasteiger partial charge on any atom is 0.0746 e. The zero-order valence-electron chi connectivity index (χ0n) is 66.5. The van der Waals surface area contributed by atoms with Gasteiger partial charge in [-0.3, -0.25) is 0 Å². The van der Waals surface area contributed by atoms with E-state index in [2.05, 4.69) is 449 Å². The number of aromatic nitrogens is 1. The topological polar surface area (TPSA) is 11.4 Å². The van der Waals surface area contributed by atoms with Crippen molar-refractivity contribution in [3.8, 4) is 106 Å². The van der Waals surface area contributed by atoms with Crippen molar-refractivity contribution >= 4 is 55.9 Å². The lowest BCUT2D eigenvalue weighted by Gasteiger charge is -2.36. The Balaban J connectivity index is 0.636. The van der Waals surface area contributed by atoms with Crippen LogP contribution in [-0.4, -0.2) is 4.57 Å². The van der Waals surface area contributed by atoms with Gasteiger partial charge in [-0.2, -0.15) is 0 Å². The molecule has 0 N–H and O–H groups in total. The predicted molar refractivity (Wildman–Crippen MR) is 494 cm³/mol. The van der Waals surface area contributed by atoms with Crippen LogP contribution in [0, 0.1) is 0 Å². The first-order valence-electron chi connectivity index (χ1n) is 41.9. The molecule has 6 aliphatic carbocycles. The van der Waals surface area contributed by atoms with Crippen LogP contribution in [0.5, 0.6) is 0 Å². The summed E-state index contributed by atoms with van der Waals surface area (Å²) >= 11 is 0. The molecule has 558 valence electrons. The minimum Gasteiger partial charge on any atom is -0.310 e. The monoisotopic (exact) mass is 1510 g/mol. The minimum atomic E-state index is -0.731. The van der Waals surface area contributed by atoms with E-state index in [9.17, 15) is 0 Å². The van der Waals surface area contributed by atoms with E-state index in [4.69, 9.17) is 0 Å². The number of para-hydroxylation sites is 3. The van der Waals surface area contributed by atoms with Crippen molar-refractivity contribution in [3.63, 3.8) is 0 Å². The van der Waals surface area contributed by atoms with Crippen LogP contribution < -0.4 is 9.80 Å². The van der Waals surface area contributed by atoms with Crippen LogP contribution in [-0.2, 0) is 21.7 Å². The lowest BCUT2D eigenvalue weighted by Crippen LogP contribution is -2.28. The lowest BCUT2D eigenvalue weighted by atomic mass is 9.69. The zero-order chi connectivity index (χ0) is 78.8. The molecule has 25 rings (SSSR count). The number of anilines is 6. The molecule has 0 radical (unpaired) electrons. The average Bonchev–Trinajstić information content (AvgIpc) is 1.51. The second-order valence-corrected chi connectivity index (χ2v) is 34.5. The highest BCUT2D eigenvalue weighted by Crippen LogP contribution is 2.68. The summed E-state index contributed by atoms with van der Waals surface area (Å²) in [6, 6.07) is 155. The summed E-state index contributed by atoms with van der Waals surface area (Å²) in [7, 11) is 0.